The summed E-state index contributed by atoms with van der Waals surface area (Å²) in [7, 11) is 0. The molecular formula is C15H19N3OS. The lowest BCUT2D eigenvalue weighted by molar-refractivity contribution is -0.121. The first-order chi connectivity index (χ1) is 9.56. The van der Waals surface area contributed by atoms with E-state index in [0.29, 0.717) is 12.8 Å². The molecule has 0 fully saturated rings. The number of nitrogens with zero attached hydrogens (tertiary/aromatic N) is 2. The van der Waals surface area contributed by atoms with Gasteiger partial charge in [0.25, 0.3) is 0 Å². The van der Waals surface area contributed by atoms with Crippen molar-refractivity contribution in [3.63, 3.8) is 0 Å². The molecule has 0 spiro atoms. The number of rotatable bonds is 5. The van der Waals surface area contributed by atoms with Crippen LogP contribution in [0.4, 0.5) is 0 Å². The molecule has 2 heterocycles. The molecule has 0 aliphatic heterocycles. The van der Waals surface area contributed by atoms with E-state index in [1.54, 1.807) is 23.7 Å². The molecule has 0 bridgehead atoms. The Morgan fingerprint density at radius 3 is 2.85 bits per heavy atom. The summed E-state index contributed by atoms with van der Waals surface area (Å²) in [6.45, 7) is 6.00. The Morgan fingerprint density at radius 2 is 2.25 bits per heavy atom. The molecular weight excluding hydrogens is 270 g/mol. The van der Waals surface area contributed by atoms with Gasteiger partial charge < -0.3 is 5.32 Å². The Morgan fingerprint density at radius 1 is 1.45 bits per heavy atom. The maximum atomic E-state index is 12.0. The SMILES string of the molecule is Cc1nc(C(C)NC(=O)CCc2cccnc2)c(C)s1. The summed E-state index contributed by atoms with van der Waals surface area (Å²) in [5.74, 6) is 0.0476. The number of hydrogen-bond donors (Lipinski definition) is 1. The molecule has 5 heteroatoms. The number of thiazole rings is 1. The minimum atomic E-state index is -0.0404. The maximum absolute atomic E-state index is 12.0. The minimum absolute atomic E-state index is 0.0404. The third-order valence-electron chi connectivity index (χ3n) is 3.09. The van der Waals surface area contributed by atoms with Crippen LogP contribution in [0.3, 0.4) is 0 Å². The maximum Gasteiger partial charge on any atom is 0.220 e. The fourth-order valence-corrected chi connectivity index (χ4v) is 3.05. The number of hydrogen-bond acceptors (Lipinski definition) is 4. The smallest absolute Gasteiger partial charge is 0.220 e. The number of carbonyl (C=O) groups is 1. The molecule has 4 nitrogen and oxygen atoms in total. The predicted molar refractivity (Wildman–Crippen MR) is 80.7 cm³/mol. The van der Waals surface area contributed by atoms with Crippen molar-refractivity contribution < 1.29 is 4.79 Å². The molecule has 0 saturated heterocycles. The second-order valence-electron chi connectivity index (χ2n) is 4.82. The van der Waals surface area contributed by atoms with Gasteiger partial charge in [-0.25, -0.2) is 4.98 Å². The van der Waals surface area contributed by atoms with E-state index < -0.39 is 0 Å². The van der Waals surface area contributed by atoms with Crippen LogP contribution in [0.15, 0.2) is 24.5 Å². The minimum Gasteiger partial charge on any atom is -0.348 e. The molecule has 1 N–H and O–H groups in total. The van der Waals surface area contributed by atoms with E-state index in [4.69, 9.17) is 0 Å². The summed E-state index contributed by atoms with van der Waals surface area (Å²) < 4.78 is 0. The van der Waals surface area contributed by atoms with Crippen LogP contribution >= 0.6 is 11.3 Å². The van der Waals surface area contributed by atoms with Gasteiger partial charge in [-0.05, 0) is 38.8 Å². The van der Waals surface area contributed by atoms with Crippen LogP contribution in [-0.4, -0.2) is 15.9 Å². The van der Waals surface area contributed by atoms with Gasteiger partial charge in [-0.3, -0.25) is 9.78 Å². The Bertz CT molecular complexity index is 580. The van der Waals surface area contributed by atoms with E-state index >= 15 is 0 Å². The van der Waals surface area contributed by atoms with Crippen molar-refractivity contribution in [2.24, 2.45) is 0 Å². The second-order valence-corrected chi connectivity index (χ2v) is 6.23. The van der Waals surface area contributed by atoms with Crippen LogP contribution in [0.5, 0.6) is 0 Å². The van der Waals surface area contributed by atoms with Gasteiger partial charge in [0.1, 0.15) is 0 Å². The summed E-state index contributed by atoms with van der Waals surface area (Å²) in [6.07, 6.45) is 4.71. The summed E-state index contributed by atoms with van der Waals surface area (Å²) in [6, 6.07) is 3.83. The van der Waals surface area contributed by atoms with Gasteiger partial charge in [-0.15, -0.1) is 11.3 Å². The summed E-state index contributed by atoms with van der Waals surface area (Å²) >= 11 is 1.66. The monoisotopic (exact) mass is 289 g/mol. The fourth-order valence-electron chi connectivity index (χ4n) is 2.13. The van der Waals surface area contributed by atoms with Crippen LogP contribution in [0, 0.1) is 13.8 Å². The first-order valence-electron chi connectivity index (χ1n) is 6.68. The molecule has 2 aromatic heterocycles. The zero-order chi connectivity index (χ0) is 14.5. The van der Waals surface area contributed by atoms with Crippen molar-refractivity contribution in [1.82, 2.24) is 15.3 Å². The molecule has 1 unspecified atom stereocenters. The molecule has 2 aromatic rings. The van der Waals surface area contributed by atoms with Crippen molar-refractivity contribution in [2.75, 3.05) is 0 Å². The highest BCUT2D eigenvalue weighted by atomic mass is 32.1. The highest BCUT2D eigenvalue weighted by Gasteiger charge is 2.15. The number of nitrogens with one attached hydrogen (secondary N) is 1. The average molecular weight is 289 g/mol. The van der Waals surface area contributed by atoms with Crippen molar-refractivity contribution in [2.45, 2.75) is 39.7 Å². The predicted octanol–water partition coefficient (Wildman–Crippen LogP) is 2.96. The molecule has 0 radical (unpaired) electrons. The van der Waals surface area contributed by atoms with Crippen LogP contribution in [-0.2, 0) is 11.2 Å². The normalized spacial score (nSPS) is 12.2. The Labute approximate surface area is 123 Å². The second kappa shape index (κ2) is 6.61. The average Bonchev–Trinajstić information content (AvgIpc) is 2.77. The number of pyridine rings is 1. The van der Waals surface area contributed by atoms with E-state index in [0.717, 1.165) is 16.3 Å². The quantitative estimate of drug-likeness (QED) is 0.920. The topological polar surface area (TPSA) is 54.9 Å². The first-order valence-corrected chi connectivity index (χ1v) is 7.50. The molecule has 0 aliphatic carbocycles. The van der Waals surface area contributed by atoms with Gasteiger partial charge in [0.15, 0.2) is 0 Å². The number of carbonyl (C=O) groups excluding carboxylic acids is 1. The Hall–Kier alpha value is -1.75. The lowest BCUT2D eigenvalue weighted by atomic mass is 10.1. The molecule has 0 saturated carbocycles. The highest BCUT2D eigenvalue weighted by Crippen LogP contribution is 2.22. The van der Waals surface area contributed by atoms with Crippen LogP contribution in [0.2, 0.25) is 0 Å². The molecule has 106 valence electrons. The fraction of sp³-hybridized carbons (Fsp3) is 0.400. The van der Waals surface area contributed by atoms with E-state index in [2.05, 4.69) is 15.3 Å². The van der Waals surface area contributed by atoms with Crippen molar-refractivity contribution >= 4 is 17.2 Å². The Balaban J connectivity index is 1.87. The molecule has 0 aliphatic rings. The molecule has 20 heavy (non-hydrogen) atoms. The molecule has 1 atom stereocenters. The van der Waals surface area contributed by atoms with Crippen LogP contribution in [0.1, 0.15) is 40.5 Å². The summed E-state index contributed by atoms with van der Waals surface area (Å²) in [5.41, 5.74) is 2.05. The molecule has 2 rings (SSSR count). The largest absolute Gasteiger partial charge is 0.348 e. The third-order valence-corrected chi connectivity index (χ3v) is 3.99. The van der Waals surface area contributed by atoms with Crippen molar-refractivity contribution in [3.05, 3.63) is 45.7 Å². The lowest BCUT2D eigenvalue weighted by Crippen LogP contribution is -2.27. The molecule has 1 amide bonds. The van der Waals surface area contributed by atoms with Crippen molar-refractivity contribution in [1.29, 1.82) is 0 Å². The van der Waals surface area contributed by atoms with E-state index in [1.807, 2.05) is 32.9 Å². The van der Waals surface area contributed by atoms with Gasteiger partial charge in [-0.1, -0.05) is 6.07 Å². The number of aryl methyl sites for hydroxylation is 3. The van der Waals surface area contributed by atoms with E-state index in [9.17, 15) is 4.79 Å². The van der Waals surface area contributed by atoms with Gasteiger partial charge >= 0.3 is 0 Å². The zero-order valence-electron chi connectivity index (χ0n) is 12.0. The van der Waals surface area contributed by atoms with Gasteiger partial charge in [-0.2, -0.15) is 0 Å². The summed E-state index contributed by atoms with van der Waals surface area (Å²) in [5, 5.41) is 4.04. The third kappa shape index (κ3) is 3.87. The van der Waals surface area contributed by atoms with Gasteiger partial charge in [0.2, 0.25) is 5.91 Å². The molecule has 0 aromatic carbocycles. The number of amides is 1. The standard InChI is InChI=1S/C15H19N3OS/c1-10(15-11(2)20-12(3)18-15)17-14(19)7-6-13-5-4-8-16-9-13/h4-5,8-10H,6-7H2,1-3H3,(H,17,19). The zero-order valence-corrected chi connectivity index (χ0v) is 12.8. The van der Waals surface area contributed by atoms with E-state index in [1.165, 1.54) is 4.88 Å². The van der Waals surface area contributed by atoms with Crippen LogP contribution in [0.25, 0.3) is 0 Å². The van der Waals surface area contributed by atoms with E-state index in [-0.39, 0.29) is 11.9 Å². The van der Waals surface area contributed by atoms with Gasteiger partial charge in [0, 0.05) is 23.7 Å². The highest BCUT2D eigenvalue weighted by molar-refractivity contribution is 7.11. The van der Waals surface area contributed by atoms with Gasteiger partial charge in [0.05, 0.1) is 16.7 Å². The van der Waals surface area contributed by atoms with Crippen LogP contribution < -0.4 is 5.32 Å². The Kier molecular flexibility index (Phi) is 4.84. The van der Waals surface area contributed by atoms with Crippen molar-refractivity contribution in [3.8, 4) is 0 Å². The summed E-state index contributed by atoms with van der Waals surface area (Å²) in [4.78, 5) is 21.7. The first kappa shape index (κ1) is 14.7. The lowest BCUT2D eigenvalue weighted by Gasteiger charge is -2.12. The number of aromatic nitrogens is 2.